The molecule has 152 valence electrons. The van der Waals surface area contributed by atoms with Crippen LogP contribution < -0.4 is 27.5 Å². The van der Waals surface area contributed by atoms with Gasteiger partial charge in [0, 0.05) is 11.8 Å². The number of rotatable bonds is 4. The average Bonchev–Trinajstić information content (AvgIpc) is 3.10. The SMILES string of the molecule is NNC(=O)Oc1c(N)nc(-c2nn(Cc3ccccc3F)c3ncccc23)nc1N. The zero-order valence-corrected chi connectivity index (χ0v) is 15.4. The molecule has 0 aliphatic rings. The lowest BCUT2D eigenvalue weighted by Crippen LogP contribution is -2.33. The highest BCUT2D eigenvalue weighted by Crippen LogP contribution is 2.31. The fourth-order valence-electron chi connectivity index (χ4n) is 2.89. The van der Waals surface area contributed by atoms with Crippen LogP contribution in [0.2, 0.25) is 0 Å². The predicted octanol–water partition coefficient (Wildman–Crippen LogP) is 1.20. The van der Waals surface area contributed by atoms with Gasteiger partial charge in [-0.2, -0.15) is 5.10 Å². The summed E-state index contributed by atoms with van der Waals surface area (Å²) in [6.45, 7) is 0.142. The maximum absolute atomic E-state index is 14.1. The van der Waals surface area contributed by atoms with E-state index in [4.69, 9.17) is 22.0 Å². The number of nitrogens with two attached hydrogens (primary N) is 3. The zero-order chi connectivity index (χ0) is 21.3. The topological polar surface area (TPSA) is 173 Å². The van der Waals surface area contributed by atoms with E-state index >= 15 is 0 Å². The number of hydrogen-bond donors (Lipinski definition) is 4. The van der Waals surface area contributed by atoms with Crippen molar-refractivity contribution in [2.75, 3.05) is 11.5 Å². The third-order valence-corrected chi connectivity index (χ3v) is 4.23. The highest BCUT2D eigenvalue weighted by Gasteiger charge is 2.21. The number of hydrazine groups is 1. The first-order chi connectivity index (χ1) is 14.5. The number of anilines is 2. The van der Waals surface area contributed by atoms with Crippen LogP contribution >= 0.6 is 0 Å². The zero-order valence-electron chi connectivity index (χ0n) is 15.4. The van der Waals surface area contributed by atoms with Crippen LogP contribution in [0.1, 0.15) is 5.56 Å². The Morgan fingerprint density at radius 3 is 2.57 bits per heavy atom. The minimum atomic E-state index is -0.978. The number of carbonyl (C=O) groups excluding carboxylic acids is 1. The number of aromatic nitrogens is 5. The second kappa shape index (κ2) is 7.60. The Morgan fingerprint density at radius 2 is 1.87 bits per heavy atom. The summed E-state index contributed by atoms with van der Waals surface area (Å²) in [6, 6.07) is 9.86. The molecule has 3 heterocycles. The summed E-state index contributed by atoms with van der Waals surface area (Å²) in [5, 5.41) is 5.11. The van der Waals surface area contributed by atoms with Gasteiger partial charge in [-0.25, -0.2) is 34.7 Å². The molecule has 0 spiro atoms. The van der Waals surface area contributed by atoms with Crippen molar-refractivity contribution in [3.63, 3.8) is 0 Å². The molecule has 0 aliphatic heterocycles. The summed E-state index contributed by atoms with van der Waals surface area (Å²) in [6.07, 6.45) is 0.617. The van der Waals surface area contributed by atoms with Crippen LogP contribution in [-0.4, -0.2) is 30.8 Å². The number of nitrogens with one attached hydrogen (secondary N) is 1. The lowest BCUT2D eigenvalue weighted by atomic mass is 10.2. The molecule has 0 radical (unpaired) electrons. The van der Waals surface area contributed by atoms with Gasteiger partial charge in [-0.05, 0) is 18.2 Å². The maximum Gasteiger partial charge on any atom is 0.427 e. The van der Waals surface area contributed by atoms with Crippen molar-refractivity contribution in [3.8, 4) is 17.3 Å². The number of nitrogen functional groups attached to an aromatic ring is 2. The molecule has 4 rings (SSSR count). The standard InChI is InChI=1S/C18H16FN9O2/c19-11-6-2-1-4-9(11)8-28-17-10(5-3-7-23-17)12(27-28)16-24-14(20)13(15(21)25-16)30-18(29)26-22/h1-7H,8,22H2,(H,26,29)(H4,20,21,24,25). The number of pyridine rings is 1. The van der Waals surface area contributed by atoms with Gasteiger partial charge in [0.05, 0.1) is 11.9 Å². The Morgan fingerprint density at radius 1 is 1.13 bits per heavy atom. The first-order valence-electron chi connectivity index (χ1n) is 8.64. The third kappa shape index (κ3) is 3.42. The highest BCUT2D eigenvalue weighted by molar-refractivity contribution is 5.90. The highest BCUT2D eigenvalue weighted by atomic mass is 19.1. The van der Waals surface area contributed by atoms with Gasteiger partial charge in [0.15, 0.2) is 23.1 Å². The Bertz CT molecular complexity index is 1230. The van der Waals surface area contributed by atoms with Crippen LogP contribution in [-0.2, 0) is 6.54 Å². The summed E-state index contributed by atoms with van der Waals surface area (Å²) in [5.74, 6) is 4.14. The number of nitrogens with zero attached hydrogens (tertiary/aromatic N) is 5. The van der Waals surface area contributed by atoms with E-state index in [0.29, 0.717) is 22.3 Å². The smallest absolute Gasteiger partial charge is 0.401 e. The molecule has 0 aliphatic carbocycles. The van der Waals surface area contributed by atoms with Crippen molar-refractivity contribution in [1.29, 1.82) is 0 Å². The Labute approximate surface area is 168 Å². The number of ether oxygens (including phenoxy) is 1. The fourth-order valence-corrected chi connectivity index (χ4v) is 2.89. The lowest BCUT2D eigenvalue weighted by Gasteiger charge is -2.09. The monoisotopic (exact) mass is 409 g/mol. The van der Waals surface area contributed by atoms with Crippen LogP contribution in [0.5, 0.6) is 5.75 Å². The van der Waals surface area contributed by atoms with Crippen molar-refractivity contribution >= 4 is 28.8 Å². The molecular weight excluding hydrogens is 393 g/mol. The summed E-state index contributed by atoms with van der Waals surface area (Å²) in [4.78, 5) is 24.0. The molecule has 30 heavy (non-hydrogen) atoms. The van der Waals surface area contributed by atoms with E-state index in [1.54, 1.807) is 42.0 Å². The number of carbonyl (C=O) groups is 1. The van der Waals surface area contributed by atoms with E-state index in [1.165, 1.54) is 10.7 Å². The van der Waals surface area contributed by atoms with E-state index in [-0.39, 0.29) is 35.6 Å². The Balaban J connectivity index is 1.80. The van der Waals surface area contributed by atoms with E-state index in [2.05, 4.69) is 20.1 Å². The second-order valence-corrected chi connectivity index (χ2v) is 6.15. The second-order valence-electron chi connectivity index (χ2n) is 6.15. The number of benzene rings is 1. The van der Waals surface area contributed by atoms with Crippen molar-refractivity contribution < 1.29 is 13.9 Å². The molecule has 3 aromatic heterocycles. The molecule has 1 aromatic carbocycles. The van der Waals surface area contributed by atoms with E-state index < -0.39 is 6.09 Å². The Kier molecular flexibility index (Phi) is 4.82. The third-order valence-electron chi connectivity index (χ3n) is 4.23. The Hall–Kier alpha value is -4.32. The number of fused-ring (bicyclic) bond motifs is 1. The van der Waals surface area contributed by atoms with Crippen molar-refractivity contribution in [3.05, 3.63) is 54.0 Å². The van der Waals surface area contributed by atoms with Crippen molar-refractivity contribution in [2.45, 2.75) is 6.54 Å². The molecule has 0 fully saturated rings. The van der Waals surface area contributed by atoms with Gasteiger partial charge < -0.3 is 16.2 Å². The van der Waals surface area contributed by atoms with Gasteiger partial charge in [-0.1, -0.05) is 18.2 Å². The van der Waals surface area contributed by atoms with Gasteiger partial charge in [-0.3, -0.25) is 5.43 Å². The summed E-state index contributed by atoms with van der Waals surface area (Å²) in [5.41, 5.74) is 14.8. The molecule has 1 amide bonds. The minimum Gasteiger partial charge on any atom is -0.401 e. The molecule has 0 bridgehead atoms. The molecule has 0 saturated heterocycles. The van der Waals surface area contributed by atoms with Crippen LogP contribution in [0, 0.1) is 5.82 Å². The fraction of sp³-hybridized carbons (Fsp3) is 0.0556. The van der Waals surface area contributed by atoms with Gasteiger partial charge in [0.25, 0.3) is 0 Å². The van der Waals surface area contributed by atoms with Crippen molar-refractivity contribution in [1.82, 2.24) is 30.2 Å². The van der Waals surface area contributed by atoms with Crippen LogP contribution in [0.3, 0.4) is 0 Å². The summed E-state index contributed by atoms with van der Waals surface area (Å²) in [7, 11) is 0. The molecule has 12 heteroatoms. The van der Waals surface area contributed by atoms with E-state index in [0.717, 1.165) is 0 Å². The van der Waals surface area contributed by atoms with Crippen LogP contribution in [0.4, 0.5) is 20.8 Å². The first kappa shape index (κ1) is 19.0. The molecular formula is C18H16FN9O2. The molecule has 0 saturated carbocycles. The van der Waals surface area contributed by atoms with Gasteiger partial charge >= 0.3 is 6.09 Å². The van der Waals surface area contributed by atoms with Gasteiger partial charge in [0.1, 0.15) is 11.5 Å². The largest absolute Gasteiger partial charge is 0.427 e. The van der Waals surface area contributed by atoms with Gasteiger partial charge in [-0.15, -0.1) is 0 Å². The van der Waals surface area contributed by atoms with Crippen LogP contribution in [0.15, 0.2) is 42.6 Å². The van der Waals surface area contributed by atoms with Gasteiger partial charge in [0.2, 0.25) is 5.75 Å². The van der Waals surface area contributed by atoms with Crippen LogP contribution in [0.25, 0.3) is 22.6 Å². The molecule has 4 aromatic rings. The van der Waals surface area contributed by atoms with E-state index in [1.807, 2.05) is 0 Å². The lowest BCUT2D eigenvalue weighted by molar-refractivity contribution is 0.201. The minimum absolute atomic E-state index is 0.0933. The molecule has 7 N–H and O–H groups in total. The molecule has 0 unspecified atom stereocenters. The number of halogens is 1. The number of amides is 1. The first-order valence-corrected chi connectivity index (χ1v) is 8.64. The summed E-state index contributed by atoms with van der Waals surface area (Å²) >= 11 is 0. The predicted molar refractivity (Wildman–Crippen MR) is 106 cm³/mol. The summed E-state index contributed by atoms with van der Waals surface area (Å²) < 4.78 is 20.5. The van der Waals surface area contributed by atoms with Crippen molar-refractivity contribution in [2.24, 2.45) is 5.84 Å². The van der Waals surface area contributed by atoms with E-state index in [9.17, 15) is 9.18 Å². The maximum atomic E-state index is 14.1. The quantitative estimate of drug-likeness (QED) is 0.219. The normalized spacial score (nSPS) is 10.9. The molecule has 11 nitrogen and oxygen atoms in total. The molecule has 0 atom stereocenters. The average molecular weight is 409 g/mol. The number of hydrogen-bond acceptors (Lipinski definition) is 9.